The summed E-state index contributed by atoms with van der Waals surface area (Å²) in [5.41, 5.74) is 1.28. The molecular formula is C25H20ClN3O5S. The lowest BCUT2D eigenvalue weighted by Gasteiger charge is -2.12. The molecule has 1 aromatic heterocycles. The number of hydrogen-bond acceptors (Lipinski definition) is 7. The zero-order chi connectivity index (χ0) is 24.8. The van der Waals surface area contributed by atoms with Gasteiger partial charge in [-0.2, -0.15) is 0 Å². The first-order valence-corrected chi connectivity index (χ1v) is 11.8. The Balaban J connectivity index is 1.68. The molecular weight excluding hydrogens is 490 g/mol. The zero-order valence-corrected chi connectivity index (χ0v) is 20.1. The van der Waals surface area contributed by atoms with Crippen molar-refractivity contribution < 1.29 is 24.2 Å². The first-order chi connectivity index (χ1) is 16.9. The summed E-state index contributed by atoms with van der Waals surface area (Å²) < 4.78 is 10.6. The van der Waals surface area contributed by atoms with Crippen LogP contribution in [0.5, 0.6) is 5.75 Å². The van der Waals surface area contributed by atoms with Crippen LogP contribution in [0.3, 0.4) is 0 Å². The number of carbonyl (C=O) groups excluding carboxylic acids is 1. The molecule has 0 unspecified atom stereocenters. The van der Waals surface area contributed by atoms with Crippen molar-refractivity contribution in [2.45, 2.75) is 12.1 Å². The van der Waals surface area contributed by atoms with Crippen molar-refractivity contribution >= 4 is 52.1 Å². The van der Waals surface area contributed by atoms with Gasteiger partial charge in [-0.3, -0.25) is 5.10 Å². The van der Waals surface area contributed by atoms with E-state index in [-0.39, 0.29) is 23.3 Å². The maximum atomic E-state index is 12.1. The number of benzene rings is 3. The highest BCUT2D eigenvalue weighted by molar-refractivity contribution is 8.04. The predicted octanol–water partition coefficient (Wildman–Crippen LogP) is 5.44. The molecule has 8 nitrogen and oxygen atoms in total. The number of fused-ring (bicyclic) bond motifs is 1. The Labute approximate surface area is 209 Å². The number of esters is 1. The van der Waals surface area contributed by atoms with Crippen LogP contribution in [0.4, 0.5) is 0 Å². The van der Waals surface area contributed by atoms with Crippen molar-refractivity contribution in [2.75, 3.05) is 13.2 Å². The average molecular weight is 510 g/mol. The number of aromatic nitrogens is 3. The van der Waals surface area contributed by atoms with Gasteiger partial charge < -0.3 is 14.6 Å². The minimum absolute atomic E-state index is 0.0241. The van der Waals surface area contributed by atoms with E-state index in [2.05, 4.69) is 15.2 Å². The second-order valence-electron chi connectivity index (χ2n) is 7.18. The van der Waals surface area contributed by atoms with Crippen LogP contribution in [0.2, 0.25) is 5.02 Å². The lowest BCUT2D eigenvalue weighted by Crippen LogP contribution is -2.15. The van der Waals surface area contributed by atoms with Gasteiger partial charge >= 0.3 is 11.9 Å². The molecule has 35 heavy (non-hydrogen) atoms. The minimum Gasteiger partial charge on any atom is -0.481 e. The Morgan fingerprint density at radius 2 is 1.89 bits per heavy atom. The number of rotatable bonds is 9. The largest absolute Gasteiger partial charge is 0.481 e. The fraction of sp³-hybridized carbons (Fsp3) is 0.120. The van der Waals surface area contributed by atoms with E-state index in [1.807, 2.05) is 30.3 Å². The van der Waals surface area contributed by atoms with Gasteiger partial charge in [0.25, 0.3) is 0 Å². The Hall–Kier alpha value is -3.82. The van der Waals surface area contributed by atoms with Crippen LogP contribution in [-0.4, -0.2) is 45.4 Å². The second kappa shape index (κ2) is 11.1. The molecule has 2 N–H and O–H groups in total. The van der Waals surface area contributed by atoms with E-state index in [0.29, 0.717) is 22.2 Å². The summed E-state index contributed by atoms with van der Waals surface area (Å²) in [4.78, 5) is 28.3. The highest BCUT2D eigenvalue weighted by atomic mass is 35.5. The van der Waals surface area contributed by atoms with E-state index in [4.69, 9.17) is 21.1 Å². The molecule has 1 heterocycles. The molecule has 0 bridgehead atoms. The quantitative estimate of drug-likeness (QED) is 0.174. The van der Waals surface area contributed by atoms with Gasteiger partial charge in [0.2, 0.25) is 5.16 Å². The molecule has 4 rings (SSSR count). The van der Waals surface area contributed by atoms with Gasteiger partial charge in [0.15, 0.2) is 12.4 Å². The molecule has 0 radical (unpaired) electrons. The monoisotopic (exact) mass is 509 g/mol. The third-order valence-corrected chi connectivity index (χ3v) is 5.98. The van der Waals surface area contributed by atoms with Crippen molar-refractivity contribution in [1.82, 2.24) is 15.2 Å². The predicted molar refractivity (Wildman–Crippen MR) is 134 cm³/mol. The van der Waals surface area contributed by atoms with Crippen molar-refractivity contribution in [3.63, 3.8) is 0 Å². The highest BCUT2D eigenvalue weighted by Gasteiger charge is 2.17. The molecule has 3 aromatic carbocycles. The Morgan fingerprint density at radius 3 is 2.63 bits per heavy atom. The van der Waals surface area contributed by atoms with E-state index in [0.717, 1.165) is 28.1 Å². The third-order valence-electron chi connectivity index (χ3n) is 4.85. The summed E-state index contributed by atoms with van der Waals surface area (Å²) in [5, 5.41) is 19.4. The normalized spacial score (nSPS) is 11.4. The first kappa shape index (κ1) is 24.3. The van der Waals surface area contributed by atoms with Crippen LogP contribution in [0.25, 0.3) is 28.2 Å². The highest BCUT2D eigenvalue weighted by Crippen LogP contribution is 2.34. The fourth-order valence-electron chi connectivity index (χ4n) is 3.28. The number of ether oxygens (including phenoxy) is 2. The standard InChI is InChI=1S/C25H20ClN3O5S/c1-2-33-22(30)14-34-20-12-9-15-5-3-4-6-18(15)19(20)13-21(24(31)32)35-25-27-23(28-29-25)16-7-10-17(26)11-8-16/h3-13H,2,14H2,1H3,(H,31,32)(H,27,28,29)/b21-13-. The van der Waals surface area contributed by atoms with Crippen molar-refractivity contribution in [3.8, 4) is 17.1 Å². The molecule has 0 fully saturated rings. The lowest BCUT2D eigenvalue weighted by molar-refractivity contribution is -0.145. The summed E-state index contributed by atoms with van der Waals surface area (Å²) in [5.74, 6) is -0.832. The van der Waals surface area contributed by atoms with Gasteiger partial charge in [0.1, 0.15) is 10.7 Å². The van der Waals surface area contributed by atoms with Crippen LogP contribution in [0.15, 0.2) is 70.7 Å². The number of carboxylic acids is 1. The summed E-state index contributed by atoms with van der Waals surface area (Å²) >= 11 is 6.83. The zero-order valence-electron chi connectivity index (χ0n) is 18.5. The maximum absolute atomic E-state index is 12.1. The van der Waals surface area contributed by atoms with E-state index in [1.165, 1.54) is 6.08 Å². The molecule has 0 saturated heterocycles. The van der Waals surface area contributed by atoms with E-state index in [1.54, 1.807) is 37.3 Å². The van der Waals surface area contributed by atoms with E-state index in [9.17, 15) is 14.7 Å². The van der Waals surface area contributed by atoms with Crippen molar-refractivity contribution in [1.29, 1.82) is 0 Å². The number of aromatic amines is 1. The molecule has 0 spiro atoms. The van der Waals surface area contributed by atoms with Crippen LogP contribution < -0.4 is 4.74 Å². The van der Waals surface area contributed by atoms with Gasteiger partial charge in [-0.15, -0.1) is 5.10 Å². The van der Waals surface area contributed by atoms with Gasteiger partial charge in [-0.1, -0.05) is 41.9 Å². The number of H-pyrrole nitrogens is 1. The SMILES string of the molecule is CCOC(=O)COc1ccc2ccccc2c1/C=C(\Sc1n[nH]c(-c2ccc(Cl)cc2)n1)C(=O)O. The van der Waals surface area contributed by atoms with Gasteiger partial charge in [0.05, 0.1) is 6.61 Å². The summed E-state index contributed by atoms with van der Waals surface area (Å²) in [6.07, 6.45) is 1.49. The second-order valence-corrected chi connectivity index (χ2v) is 8.63. The molecule has 0 aliphatic rings. The summed E-state index contributed by atoms with van der Waals surface area (Å²) in [7, 11) is 0. The minimum atomic E-state index is -1.16. The smallest absolute Gasteiger partial charge is 0.344 e. The summed E-state index contributed by atoms with van der Waals surface area (Å²) in [6.45, 7) is 1.65. The molecule has 0 amide bonds. The number of hydrogen-bond donors (Lipinski definition) is 2. The Morgan fingerprint density at radius 1 is 1.11 bits per heavy atom. The van der Waals surface area contributed by atoms with Gasteiger partial charge in [-0.25, -0.2) is 14.6 Å². The molecule has 0 aliphatic heterocycles. The fourth-order valence-corrected chi connectivity index (χ4v) is 4.10. The molecule has 0 atom stereocenters. The number of aliphatic carboxylic acids is 1. The van der Waals surface area contributed by atoms with Crippen LogP contribution in [0, 0.1) is 0 Å². The maximum Gasteiger partial charge on any atom is 0.344 e. The number of nitrogens with zero attached hydrogens (tertiary/aromatic N) is 2. The molecule has 0 saturated carbocycles. The van der Waals surface area contributed by atoms with Gasteiger partial charge in [0, 0.05) is 16.1 Å². The average Bonchev–Trinajstić information content (AvgIpc) is 3.32. The van der Waals surface area contributed by atoms with E-state index >= 15 is 0 Å². The number of carbonyl (C=O) groups is 2. The molecule has 178 valence electrons. The number of carboxylic acid groups (broad SMARTS) is 1. The Kier molecular flexibility index (Phi) is 7.69. The number of halogens is 1. The van der Waals surface area contributed by atoms with Crippen LogP contribution >= 0.6 is 23.4 Å². The van der Waals surface area contributed by atoms with Gasteiger partial charge in [-0.05, 0) is 65.9 Å². The van der Waals surface area contributed by atoms with Crippen LogP contribution in [0.1, 0.15) is 12.5 Å². The Bertz CT molecular complexity index is 1400. The lowest BCUT2D eigenvalue weighted by atomic mass is 10.0. The molecule has 10 heteroatoms. The first-order valence-electron chi connectivity index (χ1n) is 10.6. The van der Waals surface area contributed by atoms with Crippen molar-refractivity contribution in [3.05, 3.63) is 76.2 Å². The summed E-state index contributed by atoms with van der Waals surface area (Å²) in [6, 6.07) is 18.1. The molecule has 4 aromatic rings. The molecule has 0 aliphatic carbocycles. The number of nitrogens with one attached hydrogen (secondary N) is 1. The third kappa shape index (κ3) is 6.00. The number of thioether (sulfide) groups is 1. The topological polar surface area (TPSA) is 114 Å². The van der Waals surface area contributed by atoms with E-state index < -0.39 is 11.9 Å². The van der Waals surface area contributed by atoms with Crippen molar-refractivity contribution in [2.24, 2.45) is 0 Å². The van der Waals surface area contributed by atoms with Crippen LogP contribution in [-0.2, 0) is 14.3 Å².